The third-order valence-electron chi connectivity index (χ3n) is 3.72. The van der Waals surface area contributed by atoms with Gasteiger partial charge in [-0.2, -0.15) is 0 Å². The monoisotopic (exact) mass is 219 g/mol. The van der Waals surface area contributed by atoms with Gasteiger partial charge in [0, 0.05) is 5.69 Å². The summed E-state index contributed by atoms with van der Waals surface area (Å²) in [6.07, 6.45) is 3.46. The Morgan fingerprint density at radius 2 is 1.94 bits per heavy atom. The second kappa shape index (κ2) is 4.46. The van der Waals surface area contributed by atoms with Gasteiger partial charge in [0.1, 0.15) is 0 Å². The predicted octanol–water partition coefficient (Wildman–Crippen LogP) is 2.96. The van der Waals surface area contributed by atoms with Gasteiger partial charge in [0.2, 0.25) is 0 Å². The average molecular weight is 219 g/mol. The normalized spacial score (nSPS) is 19.2. The molecular weight excluding hydrogens is 198 g/mol. The Hall–Kier alpha value is -1.02. The predicted molar refractivity (Wildman–Crippen MR) is 67.6 cm³/mol. The first kappa shape index (κ1) is 11.5. The van der Waals surface area contributed by atoms with Crippen LogP contribution in [0, 0.1) is 12.8 Å². The summed E-state index contributed by atoms with van der Waals surface area (Å²) in [6, 6.07) is 8.40. The van der Waals surface area contributed by atoms with E-state index in [2.05, 4.69) is 43.4 Å². The van der Waals surface area contributed by atoms with E-state index in [1.165, 1.54) is 18.4 Å². The van der Waals surface area contributed by atoms with E-state index in [1.807, 2.05) is 0 Å². The zero-order valence-electron chi connectivity index (χ0n) is 10.2. The van der Waals surface area contributed by atoms with Crippen LogP contribution in [0.4, 0.5) is 5.69 Å². The van der Waals surface area contributed by atoms with Crippen molar-refractivity contribution in [2.24, 2.45) is 5.92 Å². The molecule has 88 valence electrons. The summed E-state index contributed by atoms with van der Waals surface area (Å²) in [5.41, 5.74) is 2.28. The second-order valence-electron chi connectivity index (χ2n) is 4.93. The highest BCUT2D eigenvalue weighted by Gasteiger charge is 2.43. The largest absolute Gasteiger partial charge is 0.394 e. The van der Waals surface area contributed by atoms with Gasteiger partial charge >= 0.3 is 0 Å². The van der Waals surface area contributed by atoms with Crippen LogP contribution < -0.4 is 5.32 Å². The summed E-state index contributed by atoms with van der Waals surface area (Å²) in [5, 5.41) is 13.2. The van der Waals surface area contributed by atoms with Gasteiger partial charge in [0.25, 0.3) is 0 Å². The highest BCUT2D eigenvalue weighted by molar-refractivity contribution is 5.47. The molecule has 2 heteroatoms. The number of aliphatic hydroxyl groups is 1. The highest BCUT2D eigenvalue weighted by Crippen LogP contribution is 2.43. The van der Waals surface area contributed by atoms with Crippen molar-refractivity contribution >= 4 is 5.69 Å². The number of anilines is 1. The average Bonchev–Trinajstić information content (AvgIpc) is 3.13. The Labute approximate surface area is 97.7 Å². The number of nitrogens with one attached hydrogen (secondary N) is 1. The molecule has 1 fully saturated rings. The summed E-state index contributed by atoms with van der Waals surface area (Å²) in [7, 11) is 0. The SMILES string of the molecule is CCC(CO)(Nc1ccc(C)cc1)C1CC1. The first-order valence-electron chi connectivity index (χ1n) is 6.16. The zero-order chi connectivity index (χ0) is 11.6. The van der Waals surface area contributed by atoms with Crippen molar-refractivity contribution in [2.75, 3.05) is 11.9 Å². The standard InChI is InChI=1S/C14H21NO/c1-3-14(10-16,12-6-7-12)15-13-8-4-11(2)5-9-13/h4-5,8-9,12,15-16H,3,6-7,10H2,1-2H3. The van der Waals surface area contributed by atoms with Crippen LogP contribution >= 0.6 is 0 Å². The van der Waals surface area contributed by atoms with Gasteiger partial charge < -0.3 is 10.4 Å². The minimum atomic E-state index is -0.102. The maximum atomic E-state index is 9.64. The van der Waals surface area contributed by atoms with Crippen LogP contribution in [0.3, 0.4) is 0 Å². The molecule has 2 nitrogen and oxygen atoms in total. The number of rotatable bonds is 5. The summed E-state index contributed by atoms with van der Waals surface area (Å²) in [5.74, 6) is 0.642. The molecule has 0 amide bonds. The molecule has 0 aliphatic heterocycles. The fourth-order valence-corrected chi connectivity index (χ4v) is 2.32. The maximum absolute atomic E-state index is 9.64. The molecule has 1 aliphatic carbocycles. The molecule has 2 N–H and O–H groups in total. The number of hydrogen-bond donors (Lipinski definition) is 2. The van der Waals surface area contributed by atoms with Crippen LogP contribution in [-0.4, -0.2) is 17.3 Å². The van der Waals surface area contributed by atoms with Crippen molar-refractivity contribution in [3.05, 3.63) is 29.8 Å². The fraction of sp³-hybridized carbons (Fsp3) is 0.571. The van der Waals surface area contributed by atoms with E-state index in [1.54, 1.807) is 0 Å². The lowest BCUT2D eigenvalue weighted by Gasteiger charge is -2.33. The van der Waals surface area contributed by atoms with Gasteiger partial charge in [0.05, 0.1) is 12.1 Å². The molecule has 1 atom stereocenters. The van der Waals surface area contributed by atoms with Crippen molar-refractivity contribution in [1.82, 2.24) is 0 Å². The molecule has 1 aromatic carbocycles. The van der Waals surface area contributed by atoms with Crippen molar-refractivity contribution in [3.8, 4) is 0 Å². The lowest BCUT2D eigenvalue weighted by atomic mass is 9.90. The third kappa shape index (κ3) is 2.22. The molecule has 16 heavy (non-hydrogen) atoms. The van der Waals surface area contributed by atoms with Gasteiger partial charge in [0.15, 0.2) is 0 Å². The van der Waals surface area contributed by atoms with Crippen molar-refractivity contribution in [1.29, 1.82) is 0 Å². The van der Waals surface area contributed by atoms with E-state index in [4.69, 9.17) is 0 Å². The Morgan fingerprint density at radius 1 is 1.31 bits per heavy atom. The van der Waals surface area contributed by atoms with Crippen LogP contribution in [0.15, 0.2) is 24.3 Å². The van der Waals surface area contributed by atoms with E-state index in [0.29, 0.717) is 5.92 Å². The van der Waals surface area contributed by atoms with Gasteiger partial charge in [-0.1, -0.05) is 24.6 Å². The van der Waals surface area contributed by atoms with Crippen molar-refractivity contribution in [2.45, 2.75) is 38.6 Å². The topological polar surface area (TPSA) is 32.3 Å². The first-order valence-corrected chi connectivity index (χ1v) is 6.16. The van der Waals surface area contributed by atoms with E-state index < -0.39 is 0 Å². The van der Waals surface area contributed by atoms with Gasteiger partial charge in [-0.3, -0.25) is 0 Å². The molecule has 0 saturated heterocycles. The van der Waals surface area contributed by atoms with Gasteiger partial charge in [-0.25, -0.2) is 0 Å². The Bertz CT molecular complexity index is 336. The van der Waals surface area contributed by atoms with Crippen LogP contribution in [0.5, 0.6) is 0 Å². The molecular formula is C14H21NO. The van der Waals surface area contributed by atoms with Gasteiger partial charge in [-0.05, 0) is 44.2 Å². The third-order valence-corrected chi connectivity index (χ3v) is 3.72. The summed E-state index contributed by atoms with van der Waals surface area (Å²) >= 11 is 0. The van der Waals surface area contributed by atoms with E-state index in [9.17, 15) is 5.11 Å². The Kier molecular flexibility index (Phi) is 3.20. The number of hydrogen-bond acceptors (Lipinski definition) is 2. The summed E-state index contributed by atoms with van der Waals surface area (Å²) < 4.78 is 0. The molecule has 1 aliphatic rings. The molecule has 0 radical (unpaired) electrons. The molecule has 1 aromatic rings. The molecule has 1 saturated carbocycles. The minimum absolute atomic E-state index is 0.102. The second-order valence-corrected chi connectivity index (χ2v) is 4.93. The molecule has 0 aromatic heterocycles. The Balaban J connectivity index is 2.13. The van der Waals surface area contributed by atoms with Crippen LogP contribution in [-0.2, 0) is 0 Å². The summed E-state index contributed by atoms with van der Waals surface area (Å²) in [4.78, 5) is 0. The molecule has 0 bridgehead atoms. The van der Waals surface area contributed by atoms with Crippen LogP contribution in [0.25, 0.3) is 0 Å². The zero-order valence-corrected chi connectivity index (χ0v) is 10.2. The van der Waals surface area contributed by atoms with Gasteiger partial charge in [-0.15, -0.1) is 0 Å². The van der Waals surface area contributed by atoms with E-state index >= 15 is 0 Å². The molecule has 0 spiro atoms. The number of benzene rings is 1. The van der Waals surface area contributed by atoms with E-state index in [0.717, 1.165) is 12.1 Å². The molecule has 1 unspecified atom stereocenters. The minimum Gasteiger partial charge on any atom is -0.394 e. The first-order chi connectivity index (χ1) is 7.70. The number of aliphatic hydroxyl groups excluding tert-OH is 1. The summed E-state index contributed by atoms with van der Waals surface area (Å²) in [6.45, 7) is 4.46. The Morgan fingerprint density at radius 3 is 2.38 bits per heavy atom. The number of aryl methyl sites for hydroxylation is 1. The van der Waals surface area contributed by atoms with Crippen molar-refractivity contribution in [3.63, 3.8) is 0 Å². The maximum Gasteiger partial charge on any atom is 0.0664 e. The fourth-order valence-electron chi connectivity index (χ4n) is 2.32. The highest BCUT2D eigenvalue weighted by atomic mass is 16.3. The van der Waals surface area contributed by atoms with E-state index in [-0.39, 0.29) is 12.1 Å². The quantitative estimate of drug-likeness (QED) is 0.798. The lowest BCUT2D eigenvalue weighted by Crippen LogP contribution is -2.43. The molecule has 2 rings (SSSR count). The molecule has 0 heterocycles. The van der Waals surface area contributed by atoms with Crippen LogP contribution in [0.2, 0.25) is 0 Å². The van der Waals surface area contributed by atoms with Crippen LogP contribution in [0.1, 0.15) is 31.7 Å². The smallest absolute Gasteiger partial charge is 0.0664 e. The van der Waals surface area contributed by atoms with Crippen molar-refractivity contribution < 1.29 is 5.11 Å². The lowest BCUT2D eigenvalue weighted by molar-refractivity contribution is 0.188.